The third-order valence-corrected chi connectivity index (χ3v) is 4.45. The summed E-state index contributed by atoms with van der Waals surface area (Å²) in [6.07, 6.45) is -1.37. The average molecular weight is 397 g/mol. The van der Waals surface area contributed by atoms with E-state index in [-0.39, 0.29) is 18.1 Å². The Morgan fingerprint density at radius 2 is 1.52 bits per heavy atom. The van der Waals surface area contributed by atoms with Crippen molar-refractivity contribution >= 4 is 11.6 Å². The van der Waals surface area contributed by atoms with Gasteiger partial charge in [0, 0.05) is 24.5 Å². The van der Waals surface area contributed by atoms with Crippen molar-refractivity contribution in [3.05, 3.63) is 88.5 Å². The van der Waals surface area contributed by atoms with Gasteiger partial charge in [-0.1, -0.05) is 35.9 Å². The summed E-state index contributed by atoms with van der Waals surface area (Å²) in [6.45, 7) is 0.117. The summed E-state index contributed by atoms with van der Waals surface area (Å²) >= 11 is 5.94. The molecule has 0 aliphatic rings. The SMILES string of the molecule is COCn1ccnc1[C@@](O)(c1ccc(Cl)cc1)c1ccc(C(F)(F)F)cc1. The van der Waals surface area contributed by atoms with Gasteiger partial charge in [-0.25, -0.2) is 4.98 Å². The number of ether oxygens (including phenoxy) is 1. The lowest BCUT2D eigenvalue weighted by Crippen LogP contribution is -2.33. The smallest absolute Gasteiger partial charge is 0.373 e. The summed E-state index contributed by atoms with van der Waals surface area (Å²) < 4.78 is 45.4. The molecule has 0 unspecified atom stereocenters. The van der Waals surface area contributed by atoms with E-state index in [1.807, 2.05) is 0 Å². The zero-order valence-corrected chi connectivity index (χ0v) is 15.0. The van der Waals surface area contributed by atoms with Crippen LogP contribution in [0.4, 0.5) is 13.2 Å². The number of benzene rings is 2. The van der Waals surface area contributed by atoms with E-state index in [1.165, 1.54) is 25.4 Å². The van der Waals surface area contributed by atoms with Gasteiger partial charge in [0.2, 0.25) is 0 Å². The van der Waals surface area contributed by atoms with Gasteiger partial charge in [0.25, 0.3) is 0 Å². The lowest BCUT2D eigenvalue weighted by atomic mass is 9.85. The van der Waals surface area contributed by atoms with E-state index in [1.54, 1.807) is 35.0 Å². The van der Waals surface area contributed by atoms with Crippen LogP contribution in [-0.4, -0.2) is 21.8 Å². The summed E-state index contributed by atoms with van der Waals surface area (Å²) in [5.74, 6) is 0.214. The highest BCUT2D eigenvalue weighted by Gasteiger charge is 2.39. The molecule has 8 heteroatoms. The van der Waals surface area contributed by atoms with Crippen LogP contribution in [0.2, 0.25) is 5.02 Å². The minimum absolute atomic E-state index is 0.117. The minimum atomic E-state index is -4.47. The van der Waals surface area contributed by atoms with Crippen LogP contribution in [0.25, 0.3) is 0 Å². The zero-order valence-electron chi connectivity index (χ0n) is 14.2. The Hall–Kier alpha value is -2.35. The van der Waals surface area contributed by atoms with Crippen LogP contribution >= 0.6 is 11.6 Å². The predicted octanol–water partition coefficient (Wildman–Crippen LogP) is 4.44. The molecule has 0 saturated heterocycles. The summed E-state index contributed by atoms with van der Waals surface area (Å²) in [7, 11) is 1.49. The Morgan fingerprint density at radius 3 is 2.04 bits per heavy atom. The first kappa shape index (κ1) is 19.4. The normalized spacial score (nSPS) is 14.1. The number of nitrogens with zero attached hydrogens (tertiary/aromatic N) is 2. The summed E-state index contributed by atoms with van der Waals surface area (Å²) in [6, 6.07) is 10.7. The van der Waals surface area contributed by atoms with Gasteiger partial charge in [-0.3, -0.25) is 0 Å². The van der Waals surface area contributed by atoms with Gasteiger partial charge >= 0.3 is 6.18 Å². The quantitative estimate of drug-likeness (QED) is 0.693. The first-order valence-electron chi connectivity index (χ1n) is 7.93. The topological polar surface area (TPSA) is 47.3 Å². The van der Waals surface area contributed by atoms with Crippen molar-refractivity contribution in [2.24, 2.45) is 0 Å². The Kier molecular flexibility index (Phi) is 5.28. The van der Waals surface area contributed by atoms with Crippen LogP contribution in [0.3, 0.4) is 0 Å². The van der Waals surface area contributed by atoms with E-state index in [4.69, 9.17) is 16.3 Å². The molecule has 0 bridgehead atoms. The lowest BCUT2D eigenvalue weighted by molar-refractivity contribution is -0.137. The molecule has 1 N–H and O–H groups in total. The van der Waals surface area contributed by atoms with Crippen LogP contribution in [0.15, 0.2) is 60.9 Å². The highest BCUT2D eigenvalue weighted by Crippen LogP contribution is 2.38. The highest BCUT2D eigenvalue weighted by atomic mass is 35.5. The molecule has 3 aromatic rings. The largest absolute Gasteiger partial charge is 0.416 e. The van der Waals surface area contributed by atoms with Crippen molar-refractivity contribution < 1.29 is 23.0 Å². The van der Waals surface area contributed by atoms with Gasteiger partial charge in [-0.05, 0) is 35.4 Å². The van der Waals surface area contributed by atoms with Gasteiger partial charge < -0.3 is 14.4 Å². The molecule has 0 radical (unpaired) electrons. The monoisotopic (exact) mass is 396 g/mol. The number of alkyl halides is 3. The van der Waals surface area contributed by atoms with Gasteiger partial charge in [0.1, 0.15) is 6.73 Å². The maximum absolute atomic E-state index is 12.9. The maximum Gasteiger partial charge on any atom is 0.416 e. The predicted molar refractivity (Wildman–Crippen MR) is 94.2 cm³/mol. The molecule has 27 heavy (non-hydrogen) atoms. The first-order chi connectivity index (χ1) is 12.8. The Bertz CT molecular complexity index is 908. The summed E-state index contributed by atoms with van der Waals surface area (Å²) in [4.78, 5) is 4.23. The maximum atomic E-state index is 12.9. The number of hydrogen-bond acceptors (Lipinski definition) is 3. The van der Waals surface area contributed by atoms with E-state index in [9.17, 15) is 18.3 Å². The van der Waals surface area contributed by atoms with Crippen LogP contribution in [-0.2, 0) is 23.2 Å². The molecule has 0 aliphatic heterocycles. The van der Waals surface area contributed by atoms with E-state index >= 15 is 0 Å². The van der Waals surface area contributed by atoms with Crippen LogP contribution in [0.1, 0.15) is 22.5 Å². The summed E-state index contributed by atoms with van der Waals surface area (Å²) in [5, 5.41) is 12.1. The third-order valence-electron chi connectivity index (χ3n) is 4.20. The minimum Gasteiger partial charge on any atom is -0.373 e. The second-order valence-electron chi connectivity index (χ2n) is 5.93. The first-order valence-corrected chi connectivity index (χ1v) is 8.31. The highest BCUT2D eigenvalue weighted by molar-refractivity contribution is 6.30. The van der Waals surface area contributed by atoms with Crippen molar-refractivity contribution in [3.8, 4) is 0 Å². The molecule has 0 aliphatic carbocycles. The molecular weight excluding hydrogens is 381 g/mol. The molecule has 1 aromatic heterocycles. The molecule has 4 nitrogen and oxygen atoms in total. The van der Waals surface area contributed by atoms with Crippen molar-refractivity contribution in [2.75, 3.05) is 7.11 Å². The van der Waals surface area contributed by atoms with Gasteiger partial charge in [-0.15, -0.1) is 0 Å². The number of hydrogen-bond donors (Lipinski definition) is 1. The molecule has 0 fully saturated rings. The fourth-order valence-electron chi connectivity index (χ4n) is 2.89. The van der Waals surface area contributed by atoms with Gasteiger partial charge in [0.05, 0.1) is 5.56 Å². The molecule has 1 atom stereocenters. The fraction of sp³-hybridized carbons (Fsp3) is 0.211. The molecule has 0 saturated carbocycles. The molecule has 0 amide bonds. The van der Waals surface area contributed by atoms with Crippen molar-refractivity contribution in [1.29, 1.82) is 0 Å². The third kappa shape index (κ3) is 3.71. The number of halogens is 4. The number of aromatic nitrogens is 2. The number of imidazole rings is 1. The van der Waals surface area contributed by atoms with Crippen LogP contribution < -0.4 is 0 Å². The Labute approximate surface area is 158 Å². The average Bonchev–Trinajstić information content (AvgIpc) is 3.10. The summed E-state index contributed by atoms with van der Waals surface area (Å²) in [5.41, 5.74) is -1.95. The molecule has 0 spiro atoms. The number of rotatable bonds is 5. The second-order valence-corrected chi connectivity index (χ2v) is 6.37. The molecular formula is C19H16ClF3N2O2. The number of aliphatic hydroxyl groups is 1. The van der Waals surface area contributed by atoms with Crippen molar-refractivity contribution in [2.45, 2.75) is 18.5 Å². The lowest BCUT2D eigenvalue weighted by Gasteiger charge is -2.29. The fourth-order valence-corrected chi connectivity index (χ4v) is 3.02. The van der Waals surface area contributed by atoms with E-state index in [0.29, 0.717) is 10.6 Å². The molecule has 142 valence electrons. The van der Waals surface area contributed by atoms with Gasteiger partial charge in [-0.2, -0.15) is 13.2 Å². The molecule has 2 aromatic carbocycles. The van der Waals surface area contributed by atoms with Crippen LogP contribution in [0.5, 0.6) is 0 Å². The standard InChI is InChI=1S/C19H16ClF3N2O2/c1-27-12-25-11-10-24-17(25)18(26,14-6-8-16(20)9-7-14)13-2-4-15(5-3-13)19(21,22)23/h2-11,26H,12H2,1H3/t18-/m0/s1. The van der Waals surface area contributed by atoms with E-state index < -0.39 is 17.3 Å². The Balaban J connectivity index is 2.18. The van der Waals surface area contributed by atoms with E-state index in [2.05, 4.69) is 4.98 Å². The van der Waals surface area contributed by atoms with Crippen molar-refractivity contribution in [3.63, 3.8) is 0 Å². The molecule has 3 rings (SSSR count). The Morgan fingerprint density at radius 1 is 1.00 bits per heavy atom. The number of methoxy groups -OCH3 is 1. The second kappa shape index (κ2) is 7.34. The molecule has 1 heterocycles. The van der Waals surface area contributed by atoms with Gasteiger partial charge in [0.15, 0.2) is 11.4 Å². The van der Waals surface area contributed by atoms with Crippen molar-refractivity contribution in [1.82, 2.24) is 9.55 Å². The van der Waals surface area contributed by atoms with Crippen LogP contribution in [0, 0.1) is 0 Å². The zero-order chi connectivity index (χ0) is 19.7. The van der Waals surface area contributed by atoms with E-state index in [0.717, 1.165) is 12.1 Å².